The largest absolute Gasteiger partial charge is 0.361 e. The van der Waals surface area contributed by atoms with Crippen molar-refractivity contribution in [3.05, 3.63) is 28.5 Å². The van der Waals surface area contributed by atoms with Gasteiger partial charge in [-0.1, -0.05) is 35.6 Å². The van der Waals surface area contributed by atoms with Crippen LogP contribution < -0.4 is 0 Å². The van der Waals surface area contributed by atoms with Crippen molar-refractivity contribution < 1.29 is 14.4 Å². The van der Waals surface area contributed by atoms with E-state index in [1.165, 1.54) is 12.2 Å². The minimum atomic E-state index is -1.12. The van der Waals surface area contributed by atoms with Crippen LogP contribution in [0.1, 0.15) is 10.4 Å². The average molecular weight is 414 g/mol. The summed E-state index contributed by atoms with van der Waals surface area (Å²) in [6.45, 7) is 8.04. The third-order valence-electron chi connectivity index (χ3n) is 3.70. The molecule has 0 radical (unpaired) electrons. The minimum absolute atomic E-state index is 0.229. The molecule has 24 heavy (non-hydrogen) atoms. The van der Waals surface area contributed by atoms with Gasteiger partial charge in [-0.05, 0) is 18.2 Å². The number of halogens is 1. The van der Waals surface area contributed by atoms with E-state index in [0.29, 0.717) is 18.9 Å². The van der Waals surface area contributed by atoms with Crippen LogP contribution in [0.15, 0.2) is 22.9 Å². The van der Waals surface area contributed by atoms with E-state index >= 15 is 0 Å². The smallest absolute Gasteiger partial charge is 0.279 e. The molecule has 8 heteroatoms. The van der Waals surface area contributed by atoms with E-state index in [4.69, 9.17) is 9.57 Å². The van der Waals surface area contributed by atoms with Gasteiger partial charge in [0.05, 0.1) is 30.0 Å². The van der Waals surface area contributed by atoms with Crippen LogP contribution in [0.4, 0.5) is 0 Å². The SMILES string of the molecule is CON(C)C(=O)c1cc(Br)cc2ncn(COCC[Si](C)(C)C)c12. The molecule has 0 bridgehead atoms. The Morgan fingerprint density at radius 3 is 2.71 bits per heavy atom. The summed E-state index contributed by atoms with van der Waals surface area (Å²) in [5.74, 6) is -0.229. The van der Waals surface area contributed by atoms with Crippen LogP contribution in [0.5, 0.6) is 0 Å². The standard InChI is InChI=1S/C16H24BrN3O3Si/c1-19(22-2)16(21)13-8-12(17)9-14-15(13)20(10-18-14)11-23-6-7-24(3,4)5/h8-10H,6-7,11H2,1-5H3. The van der Waals surface area contributed by atoms with Gasteiger partial charge in [0.25, 0.3) is 5.91 Å². The summed E-state index contributed by atoms with van der Waals surface area (Å²) in [5.41, 5.74) is 2.01. The van der Waals surface area contributed by atoms with E-state index < -0.39 is 8.07 Å². The summed E-state index contributed by atoms with van der Waals surface area (Å²) >= 11 is 3.43. The van der Waals surface area contributed by atoms with E-state index in [1.54, 1.807) is 19.4 Å². The molecule has 1 amide bonds. The number of benzene rings is 1. The zero-order chi connectivity index (χ0) is 17.9. The average Bonchev–Trinajstić information content (AvgIpc) is 2.91. The lowest BCUT2D eigenvalue weighted by molar-refractivity contribution is -0.0756. The van der Waals surface area contributed by atoms with Crippen LogP contribution in [0.25, 0.3) is 11.0 Å². The first-order valence-electron chi connectivity index (χ1n) is 7.77. The second kappa shape index (κ2) is 7.77. The Morgan fingerprint density at radius 1 is 1.38 bits per heavy atom. The Balaban J connectivity index is 2.27. The van der Waals surface area contributed by atoms with Crippen molar-refractivity contribution in [1.82, 2.24) is 14.6 Å². The molecule has 0 aliphatic heterocycles. The summed E-state index contributed by atoms with van der Waals surface area (Å²) < 4.78 is 8.47. The van der Waals surface area contributed by atoms with Crippen molar-refractivity contribution in [2.75, 3.05) is 20.8 Å². The van der Waals surface area contributed by atoms with Gasteiger partial charge in [-0.25, -0.2) is 10.0 Å². The first kappa shape index (κ1) is 19.1. The molecule has 0 saturated carbocycles. The van der Waals surface area contributed by atoms with Gasteiger partial charge in [-0.15, -0.1) is 0 Å². The van der Waals surface area contributed by atoms with Crippen LogP contribution in [-0.2, 0) is 16.3 Å². The summed E-state index contributed by atoms with van der Waals surface area (Å²) in [6, 6.07) is 4.77. The van der Waals surface area contributed by atoms with Gasteiger partial charge >= 0.3 is 0 Å². The van der Waals surface area contributed by atoms with Crippen LogP contribution >= 0.6 is 15.9 Å². The Labute approximate surface area is 151 Å². The van der Waals surface area contributed by atoms with Crippen LogP contribution in [0, 0.1) is 0 Å². The molecule has 2 rings (SSSR count). The van der Waals surface area contributed by atoms with E-state index in [-0.39, 0.29) is 5.91 Å². The maximum Gasteiger partial charge on any atom is 0.279 e. The number of imidazole rings is 1. The Morgan fingerprint density at radius 2 is 2.08 bits per heavy atom. The summed E-state index contributed by atoms with van der Waals surface area (Å²) in [5, 5.41) is 1.20. The molecular weight excluding hydrogens is 390 g/mol. The molecule has 0 fully saturated rings. The molecule has 2 aromatic rings. The first-order chi connectivity index (χ1) is 11.2. The molecular formula is C16H24BrN3O3Si. The maximum absolute atomic E-state index is 12.6. The number of aromatic nitrogens is 2. The van der Waals surface area contributed by atoms with Gasteiger partial charge < -0.3 is 9.30 Å². The highest BCUT2D eigenvalue weighted by Crippen LogP contribution is 2.25. The van der Waals surface area contributed by atoms with Gasteiger partial charge in [-0.3, -0.25) is 9.63 Å². The predicted molar refractivity (Wildman–Crippen MR) is 101 cm³/mol. The topological polar surface area (TPSA) is 56.6 Å². The van der Waals surface area contributed by atoms with Crippen LogP contribution in [0.2, 0.25) is 25.7 Å². The van der Waals surface area contributed by atoms with E-state index in [1.807, 2.05) is 10.6 Å². The van der Waals surface area contributed by atoms with Gasteiger partial charge in [0.15, 0.2) is 0 Å². The number of ether oxygens (including phenoxy) is 1. The van der Waals surface area contributed by atoms with E-state index in [2.05, 4.69) is 40.6 Å². The van der Waals surface area contributed by atoms with Gasteiger partial charge in [0.2, 0.25) is 0 Å². The highest BCUT2D eigenvalue weighted by Gasteiger charge is 2.19. The molecule has 0 aliphatic rings. The molecule has 0 unspecified atom stereocenters. The lowest BCUT2D eigenvalue weighted by Crippen LogP contribution is -2.26. The first-order valence-corrected chi connectivity index (χ1v) is 12.3. The number of nitrogens with zero attached hydrogens (tertiary/aromatic N) is 3. The minimum Gasteiger partial charge on any atom is -0.361 e. The van der Waals surface area contributed by atoms with Crippen molar-refractivity contribution in [1.29, 1.82) is 0 Å². The number of hydroxylamine groups is 2. The fraction of sp³-hybridized carbons (Fsp3) is 0.500. The number of fused-ring (bicyclic) bond motifs is 1. The molecule has 0 aliphatic carbocycles. The quantitative estimate of drug-likeness (QED) is 0.394. The number of carbonyl (C=O) groups is 1. The highest BCUT2D eigenvalue weighted by atomic mass is 79.9. The lowest BCUT2D eigenvalue weighted by atomic mass is 10.1. The number of carbonyl (C=O) groups excluding carboxylic acids is 1. The molecule has 0 atom stereocenters. The molecule has 6 nitrogen and oxygen atoms in total. The zero-order valence-corrected chi connectivity index (χ0v) is 17.4. The van der Waals surface area contributed by atoms with Crippen molar-refractivity contribution in [3.63, 3.8) is 0 Å². The zero-order valence-electron chi connectivity index (χ0n) is 14.8. The summed E-state index contributed by atoms with van der Waals surface area (Å²) in [6.07, 6.45) is 1.70. The van der Waals surface area contributed by atoms with Crippen LogP contribution in [0.3, 0.4) is 0 Å². The molecule has 0 saturated heterocycles. The predicted octanol–water partition coefficient (Wildman–Crippen LogP) is 3.74. The van der Waals surface area contributed by atoms with Gasteiger partial charge in [0.1, 0.15) is 6.73 Å². The Bertz CT molecular complexity index is 727. The Kier molecular flexibility index (Phi) is 6.19. The third-order valence-corrected chi connectivity index (χ3v) is 5.86. The number of rotatable bonds is 7. The fourth-order valence-corrected chi connectivity index (χ4v) is 3.43. The molecule has 0 spiro atoms. The number of hydrogen-bond donors (Lipinski definition) is 0. The van der Waals surface area contributed by atoms with Crippen molar-refractivity contribution in [2.24, 2.45) is 0 Å². The van der Waals surface area contributed by atoms with E-state index in [9.17, 15) is 4.79 Å². The van der Waals surface area contributed by atoms with Gasteiger partial charge in [0, 0.05) is 26.2 Å². The lowest BCUT2D eigenvalue weighted by Gasteiger charge is -2.17. The molecule has 0 N–H and O–H groups in total. The van der Waals surface area contributed by atoms with Crippen molar-refractivity contribution >= 4 is 40.9 Å². The highest BCUT2D eigenvalue weighted by molar-refractivity contribution is 9.10. The molecule has 1 heterocycles. The maximum atomic E-state index is 12.6. The fourth-order valence-electron chi connectivity index (χ4n) is 2.23. The van der Waals surface area contributed by atoms with Gasteiger partial charge in [-0.2, -0.15) is 0 Å². The monoisotopic (exact) mass is 413 g/mol. The molecule has 132 valence electrons. The second-order valence-electron chi connectivity index (χ2n) is 6.87. The number of amides is 1. The van der Waals surface area contributed by atoms with Crippen molar-refractivity contribution in [2.45, 2.75) is 32.4 Å². The van der Waals surface area contributed by atoms with Crippen molar-refractivity contribution in [3.8, 4) is 0 Å². The normalized spacial score (nSPS) is 11.9. The third kappa shape index (κ3) is 4.66. The molecule has 1 aromatic carbocycles. The second-order valence-corrected chi connectivity index (χ2v) is 13.4. The van der Waals surface area contributed by atoms with Crippen LogP contribution in [-0.4, -0.2) is 49.4 Å². The number of hydrogen-bond acceptors (Lipinski definition) is 4. The molecule has 1 aromatic heterocycles. The summed E-state index contributed by atoms with van der Waals surface area (Å²) in [7, 11) is 1.92. The summed E-state index contributed by atoms with van der Waals surface area (Å²) in [4.78, 5) is 22.0. The van der Waals surface area contributed by atoms with E-state index in [0.717, 1.165) is 21.6 Å². The Hall–Kier alpha value is -1.22.